The third-order valence-electron chi connectivity index (χ3n) is 4.74. The molecular formula is C18H23N3O5S3. The summed E-state index contributed by atoms with van der Waals surface area (Å²) in [4.78, 5) is 14.9. The Bertz CT molecular complexity index is 1110. The van der Waals surface area contributed by atoms with Crippen LogP contribution in [0.5, 0.6) is 0 Å². The van der Waals surface area contributed by atoms with Crippen molar-refractivity contribution < 1.29 is 21.6 Å². The summed E-state index contributed by atoms with van der Waals surface area (Å²) in [5.41, 5.74) is 0.503. The first-order valence-corrected chi connectivity index (χ1v) is 12.9. The summed E-state index contributed by atoms with van der Waals surface area (Å²) in [7, 11) is -3.95. The van der Waals surface area contributed by atoms with E-state index in [0.29, 0.717) is 9.87 Å². The smallest absolute Gasteiger partial charge is 0.242 e. The highest BCUT2D eigenvalue weighted by Crippen LogP contribution is 2.29. The molecule has 0 spiro atoms. The molecule has 1 aliphatic heterocycles. The number of sulfonamides is 2. The van der Waals surface area contributed by atoms with Crippen molar-refractivity contribution in [3.63, 3.8) is 0 Å². The van der Waals surface area contributed by atoms with E-state index in [9.17, 15) is 21.6 Å². The van der Waals surface area contributed by atoms with Crippen molar-refractivity contribution >= 4 is 43.0 Å². The summed E-state index contributed by atoms with van der Waals surface area (Å²) < 4.78 is 53.6. The fourth-order valence-corrected chi connectivity index (χ4v) is 6.83. The highest BCUT2D eigenvalue weighted by Gasteiger charge is 2.37. The molecule has 1 N–H and O–H groups in total. The number of likely N-dealkylation sites (N-methyl/N-ethyl adjacent to an activating group) is 1. The molecule has 1 aromatic heterocycles. The van der Waals surface area contributed by atoms with Gasteiger partial charge in [-0.3, -0.25) is 4.79 Å². The monoisotopic (exact) mass is 457 g/mol. The minimum atomic E-state index is -3.92. The molecule has 0 radical (unpaired) electrons. The molecule has 158 valence electrons. The van der Waals surface area contributed by atoms with Crippen LogP contribution in [0.2, 0.25) is 0 Å². The summed E-state index contributed by atoms with van der Waals surface area (Å²) >= 11 is 1.54. The molecule has 29 heavy (non-hydrogen) atoms. The van der Waals surface area contributed by atoms with Gasteiger partial charge in [0.15, 0.2) is 0 Å². The first-order valence-electron chi connectivity index (χ1n) is 8.89. The van der Waals surface area contributed by atoms with E-state index in [4.69, 9.17) is 0 Å². The van der Waals surface area contributed by atoms with Gasteiger partial charge in [0.25, 0.3) is 0 Å². The Morgan fingerprint density at radius 2 is 2.00 bits per heavy atom. The lowest BCUT2D eigenvalue weighted by molar-refractivity contribution is -0.116. The number of carbonyl (C=O) groups is 1. The topological polar surface area (TPSA) is 104 Å². The summed E-state index contributed by atoms with van der Waals surface area (Å²) in [5.74, 6) is -0.832. The van der Waals surface area contributed by atoms with Gasteiger partial charge in [0.1, 0.15) is 0 Å². The van der Waals surface area contributed by atoms with Crippen LogP contribution in [0.1, 0.15) is 22.9 Å². The Kier molecular flexibility index (Phi) is 6.16. The van der Waals surface area contributed by atoms with Crippen molar-refractivity contribution in [3.05, 3.63) is 46.2 Å². The van der Waals surface area contributed by atoms with Crippen molar-refractivity contribution in [2.75, 3.05) is 30.7 Å². The van der Waals surface area contributed by atoms with Crippen LogP contribution in [0.4, 0.5) is 5.69 Å². The molecule has 1 atom stereocenters. The number of amides is 1. The van der Waals surface area contributed by atoms with E-state index in [1.54, 1.807) is 18.3 Å². The number of thiophene rings is 1. The normalized spacial score (nSPS) is 17.8. The number of hydrogen-bond donors (Lipinski definition) is 1. The number of aryl methyl sites for hydroxylation is 1. The lowest BCUT2D eigenvalue weighted by Gasteiger charge is -2.24. The standard InChI is InChI=1S/C18H23N3O5S3/c1-13-6-7-14(21-18(22)8-10-28(21,23)24)11-17(13)29(25,26)19-12-15(20(2)3)16-5-4-9-27-16/h4-7,9,11,15,19H,8,10,12H2,1-3H3. The maximum atomic E-state index is 13.0. The quantitative estimate of drug-likeness (QED) is 0.679. The minimum absolute atomic E-state index is 0.0425. The molecule has 1 aromatic carbocycles. The van der Waals surface area contributed by atoms with Crippen LogP contribution >= 0.6 is 11.3 Å². The number of rotatable bonds is 7. The average molecular weight is 458 g/mol. The van der Waals surface area contributed by atoms with Crippen molar-refractivity contribution in [1.29, 1.82) is 0 Å². The lowest BCUT2D eigenvalue weighted by Crippen LogP contribution is -2.34. The second-order valence-electron chi connectivity index (χ2n) is 7.02. The van der Waals surface area contributed by atoms with Crippen LogP contribution in [0.15, 0.2) is 40.6 Å². The van der Waals surface area contributed by atoms with Gasteiger partial charge >= 0.3 is 0 Å². The number of carbonyl (C=O) groups excluding carboxylic acids is 1. The molecule has 1 saturated heterocycles. The summed E-state index contributed by atoms with van der Waals surface area (Å²) in [6, 6.07) is 7.91. The Balaban J connectivity index is 1.90. The van der Waals surface area contributed by atoms with E-state index in [-0.39, 0.29) is 35.3 Å². The highest BCUT2D eigenvalue weighted by atomic mass is 32.2. The van der Waals surface area contributed by atoms with E-state index < -0.39 is 26.0 Å². The molecule has 11 heteroatoms. The fraction of sp³-hybridized carbons (Fsp3) is 0.389. The average Bonchev–Trinajstić information content (AvgIpc) is 3.24. The number of nitrogens with one attached hydrogen (secondary N) is 1. The van der Waals surface area contributed by atoms with Gasteiger partial charge in [0.2, 0.25) is 26.0 Å². The van der Waals surface area contributed by atoms with Crippen molar-refractivity contribution in [2.45, 2.75) is 24.3 Å². The van der Waals surface area contributed by atoms with E-state index in [2.05, 4.69) is 4.72 Å². The molecular weight excluding hydrogens is 434 g/mol. The summed E-state index contributed by atoms with van der Waals surface area (Å²) in [6.07, 6.45) is -0.109. The predicted octanol–water partition coefficient (Wildman–Crippen LogP) is 1.70. The first kappa shape index (κ1) is 21.9. The second-order valence-corrected chi connectivity index (χ2v) is 11.7. The number of benzene rings is 1. The zero-order valence-electron chi connectivity index (χ0n) is 16.3. The fourth-order valence-electron chi connectivity index (χ4n) is 3.16. The van der Waals surface area contributed by atoms with Crippen LogP contribution in [0.25, 0.3) is 0 Å². The van der Waals surface area contributed by atoms with Crippen molar-refractivity contribution in [3.8, 4) is 0 Å². The van der Waals surface area contributed by atoms with Gasteiger partial charge in [0, 0.05) is 17.8 Å². The molecule has 1 unspecified atom stereocenters. The van der Waals surface area contributed by atoms with Crippen LogP contribution in [0, 0.1) is 6.92 Å². The third-order valence-corrected chi connectivity index (χ3v) is 8.97. The van der Waals surface area contributed by atoms with Gasteiger partial charge < -0.3 is 4.90 Å². The van der Waals surface area contributed by atoms with Gasteiger partial charge in [-0.05, 0) is 50.2 Å². The Morgan fingerprint density at radius 3 is 2.55 bits per heavy atom. The molecule has 2 aromatic rings. The van der Waals surface area contributed by atoms with Gasteiger partial charge in [-0.1, -0.05) is 12.1 Å². The predicted molar refractivity (Wildman–Crippen MR) is 113 cm³/mol. The molecule has 8 nitrogen and oxygen atoms in total. The molecule has 1 amide bonds. The van der Waals surface area contributed by atoms with E-state index in [0.717, 1.165) is 4.88 Å². The van der Waals surface area contributed by atoms with E-state index in [1.807, 2.05) is 36.5 Å². The van der Waals surface area contributed by atoms with Crippen LogP contribution < -0.4 is 9.03 Å². The molecule has 2 heterocycles. The maximum absolute atomic E-state index is 13.0. The molecule has 0 bridgehead atoms. The molecule has 1 aliphatic rings. The zero-order chi connectivity index (χ0) is 21.4. The molecule has 1 fully saturated rings. The van der Waals surface area contributed by atoms with Gasteiger partial charge in [-0.25, -0.2) is 25.9 Å². The summed E-state index contributed by atoms with van der Waals surface area (Å²) in [6.45, 7) is 1.78. The van der Waals surface area contributed by atoms with Gasteiger partial charge in [-0.15, -0.1) is 11.3 Å². The van der Waals surface area contributed by atoms with Crippen LogP contribution in [-0.4, -0.2) is 54.0 Å². The number of hydrogen-bond acceptors (Lipinski definition) is 7. The minimum Gasteiger partial charge on any atom is -0.300 e. The molecule has 0 aliphatic carbocycles. The highest BCUT2D eigenvalue weighted by molar-refractivity contribution is 7.94. The maximum Gasteiger partial charge on any atom is 0.242 e. The number of anilines is 1. The molecule has 0 saturated carbocycles. The zero-order valence-corrected chi connectivity index (χ0v) is 18.8. The Labute approximate surface area is 175 Å². The van der Waals surface area contributed by atoms with Gasteiger partial charge in [0.05, 0.1) is 22.4 Å². The molecule has 3 rings (SSSR count). The van der Waals surface area contributed by atoms with Crippen molar-refractivity contribution in [1.82, 2.24) is 9.62 Å². The second kappa shape index (κ2) is 8.15. The third kappa shape index (κ3) is 4.53. The van der Waals surface area contributed by atoms with E-state index >= 15 is 0 Å². The van der Waals surface area contributed by atoms with Crippen LogP contribution in [0.3, 0.4) is 0 Å². The van der Waals surface area contributed by atoms with E-state index in [1.165, 1.54) is 18.2 Å². The van der Waals surface area contributed by atoms with Gasteiger partial charge in [-0.2, -0.15) is 0 Å². The number of nitrogens with zero attached hydrogens (tertiary/aromatic N) is 2. The largest absolute Gasteiger partial charge is 0.300 e. The van der Waals surface area contributed by atoms with Crippen molar-refractivity contribution in [2.24, 2.45) is 0 Å². The lowest BCUT2D eigenvalue weighted by atomic mass is 10.2. The Morgan fingerprint density at radius 1 is 1.28 bits per heavy atom. The SMILES string of the molecule is Cc1ccc(N2C(=O)CCS2(=O)=O)cc1S(=O)(=O)NCC(c1cccs1)N(C)C. The van der Waals surface area contributed by atoms with Crippen LogP contribution in [-0.2, 0) is 24.8 Å². The first-order chi connectivity index (χ1) is 13.5. The Hall–Kier alpha value is -1.79. The summed E-state index contributed by atoms with van der Waals surface area (Å²) in [5, 5.41) is 1.93.